The van der Waals surface area contributed by atoms with Crippen LogP contribution in [0.15, 0.2) is 48.9 Å². The maximum absolute atomic E-state index is 13.4. The molecule has 0 aliphatic carbocycles. The van der Waals surface area contributed by atoms with Gasteiger partial charge in [0.05, 0.1) is 6.20 Å². The van der Waals surface area contributed by atoms with Crippen LogP contribution in [0, 0.1) is 19.7 Å². The molecule has 0 spiro atoms. The number of halogens is 1. The maximum atomic E-state index is 13.4. The van der Waals surface area contributed by atoms with Crippen LogP contribution >= 0.6 is 0 Å². The zero-order valence-corrected chi connectivity index (χ0v) is 13.2. The number of nitrogens with zero attached hydrogens (tertiary/aromatic N) is 3. The largest absolute Gasteiger partial charge is 0.321 e. The third-order valence-electron chi connectivity index (χ3n) is 3.38. The molecule has 120 valence electrons. The standard InChI is InChI=1S/C18H15FN4O/c1-11-6-16(3-4-21-11)23-18(24)17-8-13(5-12(2)22-17)14-7-15(19)10-20-9-14/h3-10H,1-2H3,(H,21,23,24). The summed E-state index contributed by atoms with van der Waals surface area (Å²) in [5.74, 6) is -0.768. The van der Waals surface area contributed by atoms with Gasteiger partial charge in [-0.05, 0) is 49.7 Å². The van der Waals surface area contributed by atoms with Gasteiger partial charge in [-0.3, -0.25) is 14.8 Å². The van der Waals surface area contributed by atoms with E-state index < -0.39 is 5.82 Å². The Balaban J connectivity index is 1.92. The Bertz CT molecular complexity index is 911. The zero-order valence-electron chi connectivity index (χ0n) is 13.2. The van der Waals surface area contributed by atoms with Gasteiger partial charge >= 0.3 is 0 Å². The number of anilines is 1. The Kier molecular flexibility index (Phi) is 4.29. The fraction of sp³-hybridized carbons (Fsp3) is 0.111. The summed E-state index contributed by atoms with van der Waals surface area (Å²) < 4.78 is 13.4. The van der Waals surface area contributed by atoms with E-state index in [1.807, 2.05) is 6.92 Å². The normalized spacial score (nSPS) is 10.5. The number of amides is 1. The first-order valence-electron chi connectivity index (χ1n) is 7.35. The molecule has 0 aromatic carbocycles. The number of aromatic nitrogens is 3. The molecule has 0 bridgehead atoms. The van der Waals surface area contributed by atoms with Crippen LogP contribution in [-0.2, 0) is 0 Å². The highest BCUT2D eigenvalue weighted by Crippen LogP contribution is 2.21. The number of hydrogen-bond acceptors (Lipinski definition) is 4. The first-order chi connectivity index (χ1) is 11.5. The van der Waals surface area contributed by atoms with Gasteiger partial charge < -0.3 is 5.32 Å². The van der Waals surface area contributed by atoms with Crippen molar-refractivity contribution in [2.75, 3.05) is 5.32 Å². The predicted octanol–water partition coefficient (Wildman–Crippen LogP) is 3.55. The molecule has 0 saturated heterocycles. The molecule has 3 heterocycles. The number of hydrogen-bond donors (Lipinski definition) is 1. The van der Waals surface area contributed by atoms with Crippen LogP contribution in [0.25, 0.3) is 11.1 Å². The lowest BCUT2D eigenvalue weighted by Gasteiger charge is -2.08. The Morgan fingerprint density at radius 1 is 1.04 bits per heavy atom. The summed E-state index contributed by atoms with van der Waals surface area (Å²) in [6, 6.07) is 8.25. The molecular formula is C18H15FN4O. The molecule has 3 rings (SSSR count). The molecule has 0 unspecified atom stereocenters. The van der Waals surface area contributed by atoms with Gasteiger partial charge in [0.15, 0.2) is 0 Å². The number of rotatable bonds is 3. The quantitative estimate of drug-likeness (QED) is 0.801. The van der Waals surface area contributed by atoms with Gasteiger partial charge in [-0.25, -0.2) is 9.37 Å². The molecule has 0 aliphatic heterocycles. The van der Waals surface area contributed by atoms with Gasteiger partial charge in [-0.15, -0.1) is 0 Å². The topological polar surface area (TPSA) is 67.8 Å². The van der Waals surface area contributed by atoms with Gasteiger partial charge in [0.1, 0.15) is 11.5 Å². The maximum Gasteiger partial charge on any atom is 0.274 e. The first-order valence-corrected chi connectivity index (χ1v) is 7.35. The summed E-state index contributed by atoms with van der Waals surface area (Å²) in [6.45, 7) is 3.62. The molecule has 0 fully saturated rings. The first kappa shape index (κ1) is 15.7. The highest BCUT2D eigenvalue weighted by molar-refractivity contribution is 6.03. The molecule has 1 N–H and O–H groups in total. The second-order valence-corrected chi connectivity index (χ2v) is 5.41. The minimum atomic E-state index is -0.430. The molecule has 0 saturated carbocycles. The fourth-order valence-corrected chi connectivity index (χ4v) is 2.34. The molecule has 6 heteroatoms. The molecule has 0 atom stereocenters. The molecule has 24 heavy (non-hydrogen) atoms. The summed E-state index contributed by atoms with van der Waals surface area (Å²) in [5.41, 5.74) is 3.64. The molecule has 1 amide bonds. The number of aryl methyl sites for hydroxylation is 2. The van der Waals surface area contributed by atoms with Crippen LogP contribution in [0.5, 0.6) is 0 Å². The number of pyridine rings is 3. The Hall–Kier alpha value is -3.15. The van der Waals surface area contributed by atoms with E-state index in [0.717, 1.165) is 11.9 Å². The zero-order chi connectivity index (χ0) is 17.1. The van der Waals surface area contributed by atoms with Gasteiger partial charge in [-0.2, -0.15) is 0 Å². The summed E-state index contributed by atoms with van der Waals surface area (Å²) in [6.07, 6.45) is 4.31. The van der Waals surface area contributed by atoms with Crippen molar-refractivity contribution in [3.8, 4) is 11.1 Å². The van der Waals surface area contributed by atoms with E-state index in [4.69, 9.17) is 0 Å². The lowest BCUT2D eigenvalue weighted by Crippen LogP contribution is -2.14. The van der Waals surface area contributed by atoms with Crippen LogP contribution in [0.1, 0.15) is 21.9 Å². The van der Waals surface area contributed by atoms with Gasteiger partial charge in [0.25, 0.3) is 5.91 Å². The van der Waals surface area contributed by atoms with E-state index in [0.29, 0.717) is 22.5 Å². The van der Waals surface area contributed by atoms with Gasteiger partial charge in [0, 0.05) is 35.0 Å². The van der Waals surface area contributed by atoms with E-state index in [2.05, 4.69) is 20.3 Å². The van der Waals surface area contributed by atoms with Crippen LogP contribution in [-0.4, -0.2) is 20.9 Å². The van der Waals surface area contributed by atoms with Crippen molar-refractivity contribution < 1.29 is 9.18 Å². The average molecular weight is 322 g/mol. The lowest BCUT2D eigenvalue weighted by molar-refractivity contribution is 0.102. The van der Waals surface area contributed by atoms with E-state index in [-0.39, 0.29) is 11.6 Å². The average Bonchev–Trinajstić information content (AvgIpc) is 2.54. The molecule has 0 aliphatic rings. The Morgan fingerprint density at radius 2 is 1.88 bits per heavy atom. The smallest absolute Gasteiger partial charge is 0.274 e. The van der Waals surface area contributed by atoms with Crippen LogP contribution in [0.3, 0.4) is 0 Å². The highest BCUT2D eigenvalue weighted by atomic mass is 19.1. The monoisotopic (exact) mass is 322 g/mol. The second-order valence-electron chi connectivity index (χ2n) is 5.41. The summed E-state index contributed by atoms with van der Waals surface area (Å²) in [5, 5.41) is 2.79. The number of carbonyl (C=O) groups excluding carboxylic acids is 1. The summed E-state index contributed by atoms with van der Waals surface area (Å²) in [7, 11) is 0. The van der Waals surface area contributed by atoms with Gasteiger partial charge in [-0.1, -0.05) is 0 Å². The van der Waals surface area contributed by atoms with Crippen molar-refractivity contribution in [1.29, 1.82) is 0 Å². The van der Waals surface area contributed by atoms with Crippen molar-refractivity contribution in [1.82, 2.24) is 15.0 Å². The predicted molar refractivity (Wildman–Crippen MR) is 89.1 cm³/mol. The fourth-order valence-electron chi connectivity index (χ4n) is 2.34. The minimum absolute atomic E-state index is 0.253. The molecule has 5 nitrogen and oxygen atoms in total. The number of nitrogens with one attached hydrogen (secondary N) is 1. The molecule has 3 aromatic rings. The minimum Gasteiger partial charge on any atom is -0.321 e. The summed E-state index contributed by atoms with van der Waals surface area (Å²) >= 11 is 0. The van der Waals surface area contributed by atoms with Gasteiger partial charge in [0.2, 0.25) is 0 Å². The van der Waals surface area contributed by atoms with E-state index in [1.165, 1.54) is 6.07 Å². The number of carbonyl (C=O) groups is 1. The van der Waals surface area contributed by atoms with E-state index in [1.54, 1.807) is 43.6 Å². The lowest BCUT2D eigenvalue weighted by atomic mass is 10.1. The van der Waals surface area contributed by atoms with Crippen molar-refractivity contribution in [2.45, 2.75) is 13.8 Å². The Morgan fingerprint density at radius 3 is 2.62 bits per heavy atom. The van der Waals surface area contributed by atoms with Crippen molar-refractivity contribution in [3.05, 3.63) is 71.8 Å². The molecular weight excluding hydrogens is 307 g/mol. The third-order valence-corrected chi connectivity index (χ3v) is 3.38. The van der Waals surface area contributed by atoms with E-state index >= 15 is 0 Å². The van der Waals surface area contributed by atoms with Crippen molar-refractivity contribution >= 4 is 11.6 Å². The van der Waals surface area contributed by atoms with Crippen LogP contribution in [0.4, 0.5) is 10.1 Å². The second kappa shape index (κ2) is 6.54. The van der Waals surface area contributed by atoms with Crippen molar-refractivity contribution in [2.24, 2.45) is 0 Å². The third kappa shape index (κ3) is 3.60. The molecule has 3 aromatic heterocycles. The van der Waals surface area contributed by atoms with Crippen molar-refractivity contribution in [3.63, 3.8) is 0 Å². The van der Waals surface area contributed by atoms with E-state index in [9.17, 15) is 9.18 Å². The SMILES string of the molecule is Cc1cc(NC(=O)c2cc(-c3cncc(F)c3)cc(C)n2)ccn1. The molecule has 0 radical (unpaired) electrons. The van der Waals surface area contributed by atoms with Crippen LogP contribution < -0.4 is 5.32 Å². The Labute approximate surface area is 138 Å². The summed E-state index contributed by atoms with van der Waals surface area (Å²) in [4.78, 5) is 24.6. The highest BCUT2D eigenvalue weighted by Gasteiger charge is 2.11. The van der Waals surface area contributed by atoms with Crippen LogP contribution in [0.2, 0.25) is 0 Å².